The Morgan fingerprint density at radius 2 is 2.21 bits per heavy atom. The molecule has 2 aromatic heterocycles. The van der Waals surface area contributed by atoms with Crippen molar-refractivity contribution >= 4 is 17.6 Å². The number of carboxylic acids is 1. The summed E-state index contributed by atoms with van der Waals surface area (Å²) in [6.45, 7) is 3.36. The number of aromatic nitrogens is 5. The number of tetrazole rings is 1. The second-order valence-corrected chi connectivity index (χ2v) is 5.15. The first kappa shape index (κ1) is 13.4. The average Bonchev–Trinajstić information content (AvgIpc) is 2.77. The van der Waals surface area contributed by atoms with Gasteiger partial charge in [-0.15, -0.1) is 5.10 Å². The van der Waals surface area contributed by atoms with E-state index in [0.29, 0.717) is 16.5 Å². The second-order valence-electron chi connectivity index (χ2n) is 4.71. The van der Waals surface area contributed by atoms with E-state index < -0.39 is 11.4 Å². The number of carboxylic acid groups (broad SMARTS) is 1. The topological polar surface area (TPSA) is 93.8 Å². The zero-order chi connectivity index (χ0) is 14.0. The molecule has 0 spiro atoms. The Bertz CT molecular complexity index is 593. The van der Waals surface area contributed by atoms with Gasteiger partial charge in [-0.3, -0.25) is 9.78 Å². The molecule has 1 N–H and O–H groups in total. The number of nitrogens with zero attached hydrogens (tertiary/aromatic N) is 5. The van der Waals surface area contributed by atoms with Crippen LogP contribution in [-0.2, 0) is 11.3 Å². The predicted molar refractivity (Wildman–Crippen MR) is 67.5 cm³/mol. The van der Waals surface area contributed by atoms with E-state index in [0.717, 1.165) is 0 Å². The summed E-state index contributed by atoms with van der Waals surface area (Å²) in [7, 11) is 0. The number of pyridine rings is 1. The smallest absolute Gasteiger partial charge is 0.310 e. The monoisotopic (exact) mass is 281 g/mol. The molecule has 2 heterocycles. The Hall–Kier alpha value is -2.02. The fraction of sp³-hybridized carbons (Fsp3) is 0.364. The van der Waals surface area contributed by atoms with Crippen LogP contribution >= 0.6 is 11.6 Å². The van der Waals surface area contributed by atoms with Crippen molar-refractivity contribution in [3.05, 3.63) is 23.4 Å². The maximum absolute atomic E-state index is 11.1. The first-order valence-corrected chi connectivity index (χ1v) is 5.89. The van der Waals surface area contributed by atoms with Crippen LogP contribution in [0.2, 0.25) is 5.02 Å². The van der Waals surface area contributed by atoms with Gasteiger partial charge in [0.25, 0.3) is 0 Å². The van der Waals surface area contributed by atoms with E-state index in [1.54, 1.807) is 26.0 Å². The molecule has 2 aromatic rings. The summed E-state index contributed by atoms with van der Waals surface area (Å²) in [4.78, 5) is 15.2. The Morgan fingerprint density at radius 3 is 2.79 bits per heavy atom. The van der Waals surface area contributed by atoms with Crippen LogP contribution in [0.4, 0.5) is 0 Å². The van der Waals surface area contributed by atoms with Gasteiger partial charge in [-0.2, -0.15) is 0 Å². The summed E-state index contributed by atoms with van der Waals surface area (Å²) in [5.41, 5.74) is -0.438. The third-order valence-corrected chi connectivity index (χ3v) is 2.84. The Morgan fingerprint density at radius 1 is 1.47 bits per heavy atom. The normalized spacial score (nSPS) is 11.5. The molecule has 0 aliphatic rings. The molecule has 100 valence electrons. The quantitative estimate of drug-likeness (QED) is 0.913. The van der Waals surface area contributed by atoms with Crippen molar-refractivity contribution in [2.45, 2.75) is 20.4 Å². The number of hydrogen-bond acceptors (Lipinski definition) is 5. The summed E-state index contributed by atoms with van der Waals surface area (Å²) >= 11 is 5.76. The van der Waals surface area contributed by atoms with E-state index in [1.807, 2.05) is 0 Å². The zero-order valence-electron chi connectivity index (χ0n) is 10.4. The van der Waals surface area contributed by atoms with E-state index in [2.05, 4.69) is 20.5 Å². The highest BCUT2D eigenvalue weighted by molar-refractivity contribution is 6.30. The Balaban J connectivity index is 2.33. The van der Waals surface area contributed by atoms with Gasteiger partial charge in [0.2, 0.25) is 5.82 Å². The van der Waals surface area contributed by atoms with Crippen LogP contribution in [-0.4, -0.2) is 36.3 Å². The van der Waals surface area contributed by atoms with Gasteiger partial charge in [-0.1, -0.05) is 11.6 Å². The average molecular weight is 282 g/mol. The largest absolute Gasteiger partial charge is 0.481 e. The number of hydrogen-bond donors (Lipinski definition) is 1. The molecule has 0 aromatic carbocycles. The van der Waals surface area contributed by atoms with Gasteiger partial charge in [-0.25, -0.2) is 4.68 Å². The Labute approximate surface area is 114 Å². The van der Waals surface area contributed by atoms with Crippen molar-refractivity contribution in [1.29, 1.82) is 0 Å². The zero-order valence-corrected chi connectivity index (χ0v) is 11.2. The van der Waals surface area contributed by atoms with Crippen molar-refractivity contribution in [2.24, 2.45) is 5.41 Å². The van der Waals surface area contributed by atoms with Crippen LogP contribution in [0.3, 0.4) is 0 Å². The van der Waals surface area contributed by atoms with Gasteiger partial charge in [0, 0.05) is 6.20 Å². The van der Waals surface area contributed by atoms with Crippen molar-refractivity contribution in [3.8, 4) is 11.5 Å². The lowest BCUT2D eigenvalue weighted by atomic mass is 9.94. The summed E-state index contributed by atoms with van der Waals surface area (Å²) in [6, 6.07) is 3.35. The number of rotatable bonds is 4. The lowest BCUT2D eigenvalue weighted by Crippen LogP contribution is -2.30. The van der Waals surface area contributed by atoms with E-state index >= 15 is 0 Å². The molecular weight excluding hydrogens is 270 g/mol. The molecule has 0 fully saturated rings. The maximum atomic E-state index is 11.1. The maximum Gasteiger partial charge on any atom is 0.310 e. The van der Waals surface area contributed by atoms with Crippen molar-refractivity contribution in [1.82, 2.24) is 25.2 Å². The number of carbonyl (C=O) groups is 1. The van der Waals surface area contributed by atoms with Crippen molar-refractivity contribution in [3.63, 3.8) is 0 Å². The van der Waals surface area contributed by atoms with Crippen LogP contribution in [0.5, 0.6) is 0 Å². The van der Waals surface area contributed by atoms with E-state index in [4.69, 9.17) is 16.7 Å². The first-order chi connectivity index (χ1) is 8.90. The lowest BCUT2D eigenvalue weighted by Gasteiger charge is -2.18. The highest BCUT2D eigenvalue weighted by Gasteiger charge is 2.29. The minimum atomic E-state index is -0.976. The molecule has 8 heteroatoms. The minimum absolute atomic E-state index is 0.148. The lowest BCUT2D eigenvalue weighted by molar-refractivity contribution is -0.147. The fourth-order valence-corrected chi connectivity index (χ4v) is 1.56. The second kappa shape index (κ2) is 4.93. The summed E-state index contributed by atoms with van der Waals surface area (Å²) in [5.74, 6) is -0.510. The van der Waals surface area contributed by atoms with Crippen LogP contribution in [0, 0.1) is 5.41 Å². The molecule has 0 bridgehead atoms. The van der Waals surface area contributed by atoms with Crippen LogP contribution in [0.25, 0.3) is 11.5 Å². The molecule has 2 rings (SSSR count). The fourth-order valence-electron chi connectivity index (χ4n) is 1.44. The highest BCUT2D eigenvalue weighted by atomic mass is 35.5. The Kier molecular flexibility index (Phi) is 3.48. The van der Waals surface area contributed by atoms with E-state index in [-0.39, 0.29) is 6.54 Å². The molecule has 0 unspecified atom stereocenters. The van der Waals surface area contributed by atoms with Gasteiger partial charge >= 0.3 is 5.97 Å². The van der Waals surface area contributed by atoms with Gasteiger partial charge in [0.1, 0.15) is 5.69 Å². The van der Waals surface area contributed by atoms with Gasteiger partial charge in [-0.05, 0) is 36.4 Å². The standard InChI is InChI=1S/C11H12ClN5O2/c1-11(2,10(18)19)6-17-9(14-15-16-17)8-4-3-7(12)5-13-8/h3-5H,6H2,1-2H3,(H,18,19). The highest BCUT2D eigenvalue weighted by Crippen LogP contribution is 2.21. The summed E-state index contributed by atoms with van der Waals surface area (Å²) in [5, 5.41) is 20.9. The van der Waals surface area contributed by atoms with E-state index in [9.17, 15) is 4.79 Å². The third kappa shape index (κ3) is 2.87. The molecule has 0 saturated heterocycles. The molecule has 0 radical (unpaired) electrons. The van der Waals surface area contributed by atoms with Crippen LogP contribution in [0.15, 0.2) is 18.3 Å². The molecule has 0 atom stereocenters. The van der Waals surface area contributed by atoms with Gasteiger partial charge in [0.15, 0.2) is 0 Å². The van der Waals surface area contributed by atoms with Crippen LogP contribution in [0.1, 0.15) is 13.8 Å². The van der Waals surface area contributed by atoms with Crippen molar-refractivity contribution in [2.75, 3.05) is 0 Å². The SMILES string of the molecule is CC(C)(Cn1nnnc1-c1ccc(Cl)cn1)C(=O)O. The molecule has 0 amide bonds. The molecule has 19 heavy (non-hydrogen) atoms. The molecular formula is C11H12ClN5O2. The number of aliphatic carboxylic acids is 1. The predicted octanol–water partition coefficient (Wildman–Crippen LogP) is 1.50. The first-order valence-electron chi connectivity index (χ1n) is 5.51. The molecule has 0 aliphatic carbocycles. The van der Waals surface area contributed by atoms with Crippen molar-refractivity contribution < 1.29 is 9.90 Å². The van der Waals surface area contributed by atoms with Gasteiger partial charge in [0.05, 0.1) is 17.0 Å². The summed E-state index contributed by atoms with van der Waals surface area (Å²) < 4.78 is 1.42. The number of halogens is 1. The molecule has 0 saturated carbocycles. The van der Waals surface area contributed by atoms with Gasteiger partial charge < -0.3 is 5.11 Å². The minimum Gasteiger partial charge on any atom is -0.481 e. The summed E-state index contributed by atoms with van der Waals surface area (Å²) in [6.07, 6.45) is 1.48. The third-order valence-electron chi connectivity index (χ3n) is 2.61. The molecule has 0 aliphatic heterocycles. The van der Waals surface area contributed by atoms with Crippen LogP contribution < -0.4 is 0 Å². The van der Waals surface area contributed by atoms with E-state index in [1.165, 1.54) is 10.9 Å². The molecule has 7 nitrogen and oxygen atoms in total.